The van der Waals surface area contributed by atoms with Gasteiger partial charge in [-0.15, -0.1) is 0 Å². The van der Waals surface area contributed by atoms with Gasteiger partial charge in [0.05, 0.1) is 12.9 Å². The molecule has 0 spiro atoms. The minimum atomic E-state index is -1.92. The van der Waals surface area contributed by atoms with E-state index < -0.39 is 16.6 Å². The Kier molecular flexibility index (Phi) is 8.25. The molecule has 0 unspecified atom stereocenters. The van der Waals surface area contributed by atoms with Crippen LogP contribution in [0.15, 0.2) is 11.8 Å². The van der Waals surface area contributed by atoms with Gasteiger partial charge in [0.2, 0.25) is 8.32 Å². The maximum atomic E-state index is 6.58. The van der Waals surface area contributed by atoms with Gasteiger partial charge >= 0.3 is 0 Å². The van der Waals surface area contributed by atoms with Gasteiger partial charge in [0.25, 0.3) is 0 Å². The van der Waals surface area contributed by atoms with Crippen molar-refractivity contribution in [2.75, 3.05) is 13.7 Å². The number of ether oxygens (including phenoxy) is 2. The Morgan fingerprint density at radius 1 is 1.04 bits per heavy atom. The SMILES string of the molecule is CO[C@@H]1O[C@H](CO[Si](C)(C)C(C)(C)C(C)C)/C(=C\O[Si](C)(C)C(C)(C)C)[C@H]1C. The third kappa shape index (κ3) is 5.51. The molecule has 0 aromatic carbocycles. The van der Waals surface area contributed by atoms with E-state index in [1.54, 1.807) is 7.11 Å². The summed E-state index contributed by atoms with van der Waals surface area (Å²) in [5.74, 6) is 0.729. The summed E-state index contributed by atoms with van der Waals surface area (Å²) in [6.07, 6.45) is 1.61. The van der Waals surface area contributed by atoms with E-state index in [1.165, 1.54) is 0 Å². The molecule has 0 amide bonds. The molecule has 166 valence electrons. The molecule has 1 aliphatic heterocycles. The van der Waals surface area contributed by atoms with Crippen molar-refractivity contribution in [2.24, 2.45) is 11.8 Å². The molecule has 0 aliphatic carbocycles. The molecular weight excluding hydrogens is 384 g/mol. The Hall–Kier alpha value is -0.146. The average Bonchev–Trinajstić information content (AvgIpc) is 2.85. The smallest absolute Gasteiger partial charge is 0.249 e. The lowest BCUT2D eigenvalue weighted by Gasteiger charge is -2.43. The van der Waals surface area contributed by atoms with E-state index in [2.05, 4.69) is 81.6 Å². The molecule has 1 rings (SSSR count). The van der Waals surface area contributed by atoms with Crippen molar-refractivity contribution in [1.82, 2.24) is 0 Å². The summed E-state index contributed by atoms with van der Waals surface area (Å²) in [6, 6.07) is 0. The minimum Gasteiger partial charge on any atom is -0.549 e. The zero-order chi connectivity index (χ0) is 22.1. The highest BCUT2D eigenvalue weighted by Crippen LogP contribution is 2.45. The van der Waals surface area contributed by atoms with Crippen molar-refractivity contribution in [3.05, 3.63) is 11.8 Å². The molecule has 0 saturated carbocycles. The third-order valence-electron chi connectivity index (χ3n) is 7.72. The predicted octanol–water partition coefficient (Wildman–Crippen LogP) is 6.56. The molecule has 3 atom stereocenters. The highest BCUT2D eigenvalue weighted by atomic mass is 28.4. The van der Waals surface area contributed by atoms with Gasteiger partial charge in [-0.25, -0.2) is 0 Å². The summed E-state index contributed by atoms with van der Waals surface area (Å²) in [4.78, 5) is 0. The zero-order valence-electron chi connectivity index (χ0n) is 20.7. The van der Waals surface area contributed by atoms with Crippen molar-refractivity contribution in [3.63, 3.8) is 0 Å². The fraction of sp³-hybridized carbons (Fsp3) is 0.909. The second-order valence-electron chi connectivity index (χ2n) is 11.2. The molecule has 1 saturated heterocycles. The topological polar surface area (TPSA) is 36.9 Å². The molecule has 4 nitrogen and oxygen atoms in total. The normalized spacial score (nSPS) is 26.4. The first-order valence-electron chi connectivity index (χ1n) is 10.7. The van der Waals surface area contributed by atoms with Crippen LogP contribution in [0.1, 0.15) is 55.4 Å². The van der Waals surface area contributed by atoms with Crippen molar-refractivity contribution < 1.29 is 18.3 Å². The van der Waals surface area contributed by atoms with Crippen LogP contribution in [0.25, 0.3) is 0 Å². The predicted molar refractivity (Wildman–Crippen MR) is 124 cm³/mol. The molecule has 1 fully saturated rings. The van der Waals surface area contributed by atoms with Crippen LogP contribution in [0.5, 0.6) is 0 Å². The molecule has 0 N–H and O–H groups in total. The molecular formula is C22H46O4Si2. The maximum absolute atomic E-state index is 6.58. The van der Waals surface area contributed by atoms with E-state index >= 15 is 0 Å². The van der Waals surface area contributed by atoms with Crippen LogP contribution in [-0.2, 0) is 18.3 Å². The van der Waals surface area contributed by atoms with E-state index in [0.29, 0.717) is 12.5 Å². The Bertz CT molecular complexity index is 547. The van der Waals surface area contributed by atoms with Gasteiger partial charge in [0.1, 0.15) is 6.10 Å². The van der Waals surface area contributed by atoms with Crippen LogP contribution in [-0.4, -0.2) is 42.7 Å². The number of rotatable bonds is 8. The Balaban J connectivity index is 3.01. The minimum absolute atomic E-state index is 0.112. The fourth-order valence-corrected chi connectivity index (χ4v) is 6.06. The van der Waals surface area contributed by atoms with Crippen LogP contribution in [0.4, 0.5) is 0 Å². The first-order chi connectivity index (χ1) is 12.5. The quantitative estimate of drug-likeness (QED) is 0.323. The summed E-state index contributed by atoms with van der Waals surface area (Å²) in [5.41, 5.74) is 1.16. The van der Waals surface area contributed by atoms with Crippen molar-refractivity contribution in [3.8, 4) is 0 Å². The van der Waals surface area contributed by atoms with Crippen LogP contribution < -0.4 is 0 Å². The van der Waals surface area contributed by atoms with E-state index in [0.717, 1.165) is 5.57 Å². The number of hydrogen-bond donors (Lipinski definition) is 0. The zero-order valence-corrected chi connectivity index (χ0v) is 22.7. The molecule has 28 heavy (non-hydrogen) atoms. The van der Waals surface area contributed by atoms with Gasteiger partial charge in [-0.2, -0.15) is 0 Å². The highest BCUT2D eigenvalue weighted by Gasteiger charge is 2.46. The summed E-state index contributed by atoms with van der Waals surface area (Å²) in [5, 5.41) is 0.342. The van der Waals surface area contributed by atoms with Crippen LogP contribution in [0, 0.1) is 11.8 Å². The third-order valence-corrected chi connectivity index (χ3v) is 16.6. The lowest BCUT2D eigenvalue weighted by atomic mass is 9.99. The van der Waals surface area contributed by atoms with Gasteiger partial charge in [-0.05, 0) is 42.2 Å². The molecule has 0 bridgehead atoms. The van der Waals surface area contributed by atoms with Gasteiger partial charge in [-0.3, -0.25) is 0 Å². The van der Waals surface area contributed by atoms with Crippen molar-refractivity contribution in [2.45, 2.75) is 104 Å². The summed E-state index contributed by atoms with van der Waals surface area (Å²) < 4.78 is 24.8. The van der Waals surface area contributed by atoms with Crippen molar-refractivity contribution >= 4 is 16.6 Å². The lowest BCUT2D eigenvalue weighted by molar-refractivity contribution is -0.134. The molecule has 1 heterocycles. The van der Waals surface area contributed by atoms with E-state index in [9.17, 15) is 0 Å². The van der Waals surface area contributed by atoms with Gasteiger partial charge in [0.15, 0.2) is 14.6 Å². The summed E-state index contributed by atoms with van der Waals surface area (Å²) in [6.45, 7) is 27.9. The Morgan fingerprint density at radius 2 is 1.57 bits per heavy atom. The fourth-order valence-electron chi connectivity index (χ4n) is 2.94. The van der Waals surface area contributed by atoms with Gasteiger partial charge in [-0.1, -0.05) is 55.4 Å². The van der Waals surface area contributed by atoms with Gasteiger partial charge < -0.3 is 18.3 Å². The standard InChI is InChI=1S/C22H46O4Si2/c1-16(2)22(7,8)28(12,13)25-15-19-18(17(3)20(23-9)26-19)14-24-27(10,11)21(4,5)6/h14,16-17,19-20H,15H2,1-13H3/b18-14-/t17-,19-,20-/m1/s1. The Labute approximate surface area is 176 Å². The van der Waals surface area contributed by atoms with Crippen LogP contribution in [0.2, 0.25) is 36.3 Å². The average molecular weight is 431 g/mol. The van der Waals surface area contributed by atoms with Gasteiger partial charge in [0, 0.05) is 18.6 Å². The largest absolute Gasteiger partial charge is 0.549 e. The van der Waals surface area contributed by atoms with E-state index in [4.69, 9.17) is 18.3 Å². The van der Waals surface area contributed by atoms with Crippen molar-refractivity contribution in [1.29, 1.82) is 0 Å². The Morgan fingerprint density at radius 3 is 2.00 bits per heavy atom. The second-order valence-corrected chi connectivity index (χ2v) is 20.6. The van der Waals surface area contributed by atoms with Crippen LogP contribution in [0.3, 0.4) is 0 Å². The summed E-state index contributed by atoms with van der Waals surface area (Å²) >= 11 is 0. The van der Waals surface area contributed by atoms with Crippen LogP contribution >= 0.6 is 0 Å². The summed E-state index contributed by atoms with van der Waals surface area (Å²) in [7, 11) is -2.08. The first-order valence-corrected chi connectivity index (χ1v) is 16.5. The molecule has 0 aromatic rings. The maximum Gasteiger partial charge on any atom is 0.249 e. The molecule has 1 aliphatic rings. The van der Waals surface area contributed by atoms with E-state index in [-0.39, 0.29) is 28.4 Å². The lowest BCUT2D eigenvalue weighted by Crippen LogP contribution is -2.46. The second kappa shape index (κ2) is 8.92. The monoisotopic (exact) mass is 430 g/mol. The molecule has 6 heteroatoms. The number of methoxy groups -OCH3 is 1. The molecule has 0 radical (unpaired) electrons. The molecule has 0 aromatic heterocycles. The van der Waals surface area contributed by atoms with E-state index in [1.807, 2.05) is 6.26 Å². The highest BCUT2D eigenvalue weighted by molar-refractivity contribution is 6.74. The number of hydrogen-bond acceptors (Lipinski definition) is 4. The first kappa shape index (κ1) is 25.9.